The first-order valence-corrected chi connectivity index (χ1v) is 5.26. The van der Waals surface area contributed by atoms with Crippen LogP contribution in [0.1, 0.15) is 17.3 Å². The van der Waals surface area contributed by atoms with Gasteiger partial charge < -0.3 is 4.74 Å². The molecule has 1 aromatic carbocycles. The van der Waals surface area contributed by atoms with E-state index >= 15 is 0 Å². The lowest BCUT2D eigenvalue weighted by Gasteiger charge is -2.06. The predicted octanol–water partition coefficient (Wildman–Crippen LogP) is 1.34. The predicted molar refractivity (Wildman–Crippen MR) is 61.8 cm³/mol. The lowest BCUT2D eigenvalue weighted by Crippen LogP contribution is -2.13. The highest BCUT2D eigenvalue weighted by Crippen LogP contribution is 2.09. The number of nitriles is 1. The monoisotopic (exact) mass is 242 g/mol. The molecule has 6 heteroatoms. The molecule has 1 aromatic heterocycles. The van der Waals surface area contributed by atoms with E-state index in [2.05, 4.69) is 10.1 Å². The Morgan fingerprint density at radius 1 is 1.44 bits per heavy atom. The summed E-state index contributed by atoms with van der Waals surface area (Å²) in [6, 6.07) is 8.51. The van der Waals surface area contributed by atoms with E-state index in [1.54, 1.807) is 35.3 Å². The van der Waals surface area contributed by atoms with Crippen molar-refractivity contribution in [2.24, 2.45) is 0 Å². The van der Waals surface area contributed by atoms with Crippen molar-refractivity contribution in [2.75, 3.05) is 0 Å². The minimum absolute atomic E-state index is 0.390. The summed E-state index contributed by atoms with van der Waals surface area (Å²) in [4.78, 5) is 15.4. The third-order valence-corrected chi connectivity index (χ3v) is 2.25. The topological polar surface area (TPSA) is 80.8 Å². The molecule has 6 nitrogen and oxygen atoms in total. The number of benzene rings is 1. The van der Waals surface area contributed by atoms with Crippen molar-refractivity contribution in [3.8, 4) is 11.8 Å². The Bertz CT molecular complexity index is 569. The van der Waals surface area contributed by atoms with Crippen molar-refractivity contribution in [1.29, 1.82) is 5.26 Å². The number of nitrogens with zero attached hydrogens (tertiary/aromatic N) is 4. The maximum Gasteiger partial charge on any atom is 0.339 e. The van der Waals surface area contributed by atoms with Crippen molar-refractivity contribution in [1.82, 2.24) is 14.8 Å². The van der Waals surface area contributed by atoms with E-state index in [9.17, 15) is 4.79 Å². The van der Waals surface area contributed by atoms with E-state index in [1.165, 1.54) is 13.3 Å². The summed E-state index contributed by atoms with van der Waals surface area (Å²) < 4.78 is 6.46. The van der Waals surface area contributed by atoms with Crippen LogP contribution in [-0.2, 0) is 4.74 Å². The Morgan fingerprint density at radius 3 is 2.72 bits per heavy atom. The number of rotatable bonds is 3. The third kappa shape index (κ3) is 2.52. The van der Waals surface area contributed by atoms with Gasteiger partial charge in [0.1, 0.15) is 18.7 Å². The molecule has 0 amide bonds. The molecule has 18 heavy (non-hydrogen) atoms. The quantitative estimate of drug-likeness (QED) is 0.758. The van der Waals surface area contributed by atoms with Gasteiger partial charge in [0, 0.05) is 0 Å². The maximum absolute atomic E-state index is 11.6. The highest BCUT2D eigenvalue weighted by molar-refractivity contribution is 5.89. The zero-order valence-electron chi connectivity index (χ0n) is 9.65. The normalized spacial score (nSPS) is 11.6. The second-order valence-electron chi connectivity index (χ2n) is 3.56. The van der Waals surface area contributed by atoms with Gasteiger partial charge in [-0.1, -0.05) is 0 Å². The van der Waals surface area contributed by atoms with Crippen LogP contribution in [0.4, 0.5) is 0 Å². The molecule has 1 atom stereocenters. The molecule has 2 aromatic rings. The van der Waals surface area contributed by atoms with Crippen molar-refractivity contribution in [2.45, 2.75) is 13.0 Å². The summed E-state index contributed by atoms with van der Waals surface area (Å²) in [6.45, 7) is 1.52. The number of carbonyl (C=O) groups excluding carboxylic acids is 1. The molecule has 0 radical (unpaired) electrons. The fourth-order valence-corrected chi connectivity index (χ4v) is 1.35. The minimum atomic E-state index is -0.757. The number of carbonyl (C=O) groups is 1. The average Bonchev–Trinajstić information content (AvgIpc) is 2.92. The number of aromatic nitrogens is 3. The molecule has 0 unspecified atom stereocenters. The molecule has 0 spiro atoms. The van der Waals surface area contributed by atoms with E-state index in [1.807, 2.05) is 6.07 Å². The molecular formula is C12H10N4O2. The van der Waals surface area contributed by atoms with Gasteiger partial charge in [0.25, 0.3) is 0 Å². The van der Waals surface area contributed by atoms with Crippen LogP contribution in [-0.4, -0.2) is 26.8 Å². The van der Waals surface area contributed by atoms with Crippen molar-refractivity contribution in [3.05, 3.63) is 42.5 Å². The summed E-state index contributed by atoms with van der Waals surface area (Å²) >= 11 is 0. The number of ether oxygens (including phenoxy) is 1. The molecule has 0 saturated carbocycles. The molecule has 0 aliphatic carbocycles. The van der Waals surface area contributed by atoms with E-state index in [0.29, 0.717) is 5.56 Å². The van der Waals surface area contributed by atoms with Crippen LogP contribution in [0.3, 0.4) is 0 Å². The van der Waals surface area contributed by atoms with Crippen LogP contribution in [0.2, 0.25) is 0 Å². The summed E-state index contributed by atoms with van der Waals surface area (Å²) in [6.07, 6.45) is 2.23. The molecule has 0 N–H and O–H groups in total. The third-order valence-electron chi connectivity index (χ3n) is 2.25. The maximum atomic E-state index is 11.6. The summed E-state index contributed by atoms with van der Waals surface area (Å²) in [5, 5.41) is 12.5. The van der Waals surface area contributed by atoms with Crippen LogP contribution >= 0.6 is 0 Å². The smallest absolute Gasteiger partial charge is 0.339 e. The second-order valence-corrected chi connectivity index (χ2v) is 3.56. The number of hydrogen-bond acceptors (Lipinski definition) is 5. The van der Waals surface area contributed by atoms with Crippen LogP contribution < -0.4 is 0 Å². The Labute approximate surface area is 103 Å². The highest BCUT2D eigenvalue weighted by atomic mass is 16.5. The first-order valence-electron chi connectivity index (χ1n) is 5.26. The lowest BCUT2D eigenvalue weighted by atomic mass is 10.2. The fourth-order valence-electron chi connectivity index (χ4n) is 1.35. The van der Waals surface area contributed by atoms with E-state index in [0.717, 1.165) is 5.69 Å². The largest absolute Gasteiger partial charge is 0.444 e. The van der Waals surface area contributed by atoms with Crippen LogP contribution in [0.5, 0.6) is 0 Å². The van der Waals surface area contributed by atoms with Crippen molar-refractivity contribution < 1.29 is 9.53 Å². The van der Waals surface area contributed by atoms with E-state index < -0.39 is 12.1 Å². The Hall–Kier alpha value is -2.68. The Morgan fingerprint density at radius 2 is 2.17 bits per heavy atom. The van der Waals surface area contributed by atoms with Crippen molar-refractivity contribution in [3.63, 3.8) is 0 Å². The summed E-state index contributed by atoms with van der Waals surface area (Å²) in [5.74, 6) is -0.519. The summed E-state index contributed by atoms with van der Waals surface area (Å²) in [5.41, 5.74) is 1.18. The summed E-state index contributed by atoms with van der Waals surface area (Å²) in [7, 11) is 0. The van der Waals surface area contributed by atoms with Gasteiger partial charge >= 0.3 is 5.97 Å². The van der Waals surface area contributed by atoms with Gasteiger partial charge in [-0.3, -0.25) is 0 Å². The SMILES string of the molecule is C[C@H](C#N)OC(=O)c1ccc(-n2cncn2)cc1. The second kappa shape index (κ2) is 5.10. The molecule has 0 saturated heterocycles. The van der Waals surface area contributed by atoms with Gasteiger partial charge in [-0.05, 0) is 31.2 Å². The first-order chi connectivity index (χ1) is 8.70. The molecular weight excluding hydrogens is 232 g/mol. The zero-order valence-corrected chi connectivity index (χ0v) is 9.65. The van der Waals surface area contributed by atoms with Gasteiger partial charge in [0.2, 0.25) is 0 Å². The Kier molecular flexibility index (Phi) is 3.34. The van der Waals surface area contributed by atoms with Crippen LogP contribution in [0.15, 0.2) is 36.9 Å². The average molecular weight is 242 g/mol. The Balaban J connectivity index is 2.13. The highest BCUT2D eigenvalue weighted by Gasteiger charge is 2.11. The first kappa shape index (κ1) is 11.8. The van der Waals surface area contributed by atoms with Crippen LogP contribution in [0.25, 0.3) is 5.69 Å². The minimum Gasteiger partial charge on any atom is -0.444 e. The molecule has 2 rings (SSSR count). The van der Waals surface area contributed by atoms with Gasteiger partial charge in [-0.25, -0.2) is 14.5 Å². The van der Waals surface area contributed by atoms with Crippen LogP contribution in [0, 0.1) is 11.3 Å². The van der Waals surface area contributed by atoms with Gasteiger partial charge in [-0.2, -0.15) is 10.4 Å². The standard InChI is InChI=1S/C12H10N4O2/c1-9(6-13)18-12(17)10-2-4-11(5-3-10)16-8-14-7-15-16/h2-5,7-9H,1H3/t9-/m1/s1. The number of esters is 1. The van der Waals surface area contributed by atoms with Gasteiger partial charge in [-0.15, -0.1) is 0 Å². The zero-order chi connectivity index (χ0) is 13.0. The fraction of sp³-hybridized carbons (Fsp3) is 0.167. The molecule has 90 valence electrons. The molecule has 1 heterocycles. The molecule has 0 fully saturated rings. The van der Waals surface area contributed by atoms with Gasteiger partial charge in [0.15, 0.2) is 6.10 Å². The van der Waals surface area contributed by atoms with Crippen molar-refractivity contribution >= 4 is 5.97 Å². The van der Waals surface area contributed by atoms with E-state index in [-0.39, 0.29) is 0 Å². The molecule has 0 aliphatic rings. The van der Waals surface area contributed by atoms with E-state index in [4.69, 9.17) is 10.00 Å². The molecule has 0 bridgehead atoms. The van der Waals surface area contributed by atoms with Gasteiger partial charge in [0.05, 0.1) is 11.3 Å². The molecule has 0 aliphatic heterocycles. The number of hydrogen-bond donors (Lipinski definition) is 0. The lowest BCUT2D eigenvalue weighted by molar-refractivity contribution is 0.0435.